The molecule has 0 aliphatic carbocycles. The molecule has 0 saturated heterocycles. The standard InChI is InChI=1S/C48H32OS2/c1-30(22-23-34-29-50-45-21-13-11-16-37(34)45)35-14-6-4-5-7-15-36(39-18-9-8-17-38(35)39)31(2)28-43-32(3)51-48-42(43)27-25-33-24-26-41-40-19-10-12-20-44(40)49-47(41)46(33)48/h4-29H,1-3H2/b5-4?,6-4?,7-5?,14-6?,15-7?,23-22-,35-14?,36-15?,38-35?,39-36?,43-28+. The third kappa shape index (κ3) is 5.39. The van der Waals surface area contributed by atoms with Gasteiger partial charge in [0.05, 0.1) is 0 Å². The molecular formula is C48H32OS2. The molecule has 0 unspecified atom stereocenters. The van der Waals surface area contributed by atoms with Crippen molar-refractivity contribution < 1.29 is 4.42 Å². The summed E-state index contributed by atoms with van der Waals surface area (Å²) in [7, 11) is 0. The van der Waals surface area contributed by atoms with Crippen LogP contribution in [0.3, 0.4) is 0 Å². The molecule has 242 valence electrons. The fraction of sp³-hybridized carbons (Fsp3) is 0. The molecule has 3 aromatic heterocycles. The first-order valence-corrected chi connectivity index (χ1v) is 18.6. The number of fused-ring (bicyclic) bond motifs is 9. The van der Waals surface area contributed by atoms with Crippen LogP contribution in [0.15, 0.2) is 162 Å². The summed E-state index contributed by atoms with van der Waals surface area (Å²) in [4.78, 5) is 0. The van der Waals surface area contributed by atoms with E-state index in [1.807, 2.05) is 12.1 Å². The SMILES string of the molecule is C=C(/C=C\c1csc2ccccc12)c1ccccccc(C(=C)/C=c2\c(=C)sc3c2ccc2ccc4c5ccccc5oc4c23)c2ccccc12. The summed E-state index contributed by atoms with van der Waals surface area (Å²) < 4.78 is 9.95. The molecule has 9 aromatic rings. The largest absolute Gasteiger partial charge is 0.455 e. The van der Waals surface area contributed by atoms with Crippen LogP contribution in [0, 0.1) is 0 Å². The number of furan rings is 1. The zero-order valence-electron chi connectivity index (χ0n) is 27.9. The van der Waals surface area contributed by atoms with Gasteiger partial charge in [-0.1, -0.05) is 147 Å². The van der Waals surface area contributed by atoms with Crippen molar-refractivity contribution in [2.24, 2.45) is 0 Å². The highest BCUT2D eigenvalue weighted by molar-refractivity contribution is 7.18. The quantitative estimate of drug-likeness (QED) is 0.164. The Bertz CT molecular complexity index is 3090. The van der Waals surface area contributed by atoms with Crippen LogP contribution in [0.2, 0.25) is 0 Å². The summed E-state index contributed by atoms with van der Waals surface area (Å²) in [6.07, 6.45) is 6.51. The van der Waals surface area contributed by atoms with Crippen molar-refractivity contribution in [3.05, 3.63) is 185 Å². The molecule has 0 atom stereocenters. The van der Waals surface area contributed by atoms with Crippen LogP contribution in [0.1, 0.15) is 16.7 Å². The summed E-state index contributed by atoms with van der Waals surface area (Å²) in [6.45, 7) is 13.7. The Morgan fingerprint density at radius 2 is 1.22 bits per heavy atom. The minimum atomic E-state index is 0.902. The van der Waals surface area contributed by atoms with Crippen molar-refractivity contribution in [1.29, 1.82) is 0 Å². The van der Waals surface area contributed by atoms with Gasteiger partial charge in [-0.25, -0.2) is 0 Å². The van der Waals surface area contributed by atoms with E-state index in [4.69, 9.17) is 4.42 Å². The lowest BCUT2D eigenvalue weighted by Crippen LogP contribution is -2.16. The zero-order valence-corrected chi connectivity index (χ0v) is 29.5. The topological polar surface area (TPSA) is 13.1 Å². The van der Waals surface area contributed by atoms with Crippen LogP contribution in [0.25, 0.3) is 93.5 Å². The van der Waals surface area contributed by atoms with Crippen LogP contribution >= 0.6 is 22.7 Å². The molecule has 51 heavy (non-hydrogen) atoms. The van der Waals surface area contributed by atoms with E-state index in [0.717, 1.165) is 80.9 Å². The molecule has 9 rings (SSSR count). The molecule has 0 N–H and O–H groups in total. The molecule has 0 bridgehead atoms. The van der Waals surface area contributed by atoms with Crippen LogP contribution in [0.5, 0.6) is 0 Å². The Hall–Kier alpha value is -6.00. The highest BCUT2D eigenvalue weighted by atomic mass is 32.1. The van der Waals surface area contributed by atoms with Crippen LogP contribution in [-0.2, 0) is 0 Å². The maximum Gasteiger partial charge on any atom is 0.144 e. The average molecular weight is 689 g/mol. The van der Waals surface area contributed by atoms with E-state index in [0.29, 0.717) is 0 Å². The van der Waals surface area contributed by atoms with Gasteiger partial charge in [0, 0.05) is 40.7 Å². The third-order valence-electron chi connectivity index (χ3n) is 9.65. The second-order valence-electron chi connectivity index (χ2n) is 12.7. The summed E-state index contributed by atoms with van der Waals surface area (Å²) in [6, 6.07) is 46.7. The van der Waals surface area contributed by atoms with E-state index in [1.54, 1.807) is 22.7 Å². The first kappa shape index (κ1) is 31.0. The van der Waals surface area contributed by atoms with Gasteiger partial charge in [0.25, 0.3) is 0 Å². The first-order chi connectivity index (χ1) is 25.0. The van der Waals surface area contributed by atoms with Gasteiger partial charge in [-0.2, -0.15) is 0 Å². The van der Waals surface area contributed by atoms with E-state index < -0.39 is 0 Å². The van der Waals surface area contributed by atoms with Gasteiger partial charge in [0.15, 0.2) is 0 Å². The zero-order chi connectivity index (χ0) is 34.5. The molecular weight excluding hydrogens is 657 g/mol. The van der Waals surface area contributed by atoms with Crippen molar-refractivity contribution in [2.45, 2.75) is 0 Å². The monoisotopic (exact) mass is 688 g/mol. The summed E-state index contributed by atoms with van der Waals surface area (Å²) in [5.41, 5.74) is 6.98. The predicted octanol–water partition coefficient (Wildman–Crippen LogP) is 13.1. The van der Waals surface area contributed by atoms with E-state index in [1.165, 1.54) is 20.3 Å². The highest BCUT2D eigenvalue weighted by Crippen LogP contribution is 2.38. The smallest absolute Gasteiger partial charge is 0.144 e. The first-order valence-electron chi connectivity index (χ1n) is 16.9. The molecule has 1 nitrogen and oxygen atoms in total. The van der Waals surface area contributed by atoms with Gasteiger partial charge in [-0.3, -0.25) is 0 Å². The van der Waals surface area contributed by atoms with E-state index >= 15 is 0 Å². The van der Waals surface area contributed by atoms with Crippen molar-refractivity contribution in [3.63, 3.8) is 0 Å². The van der Waals surface area contributed by atoms with Crippen molar-refractivity contribution in [1.82, 2.24) is 0 Å². The van der Waals surface area contributed by atoms with Gasteiger partial charge in [-0.15, -0.1) is 22.7 Å². The maximum absolute atomic E-state index is 6.49. The van der Waals surface area contributed by atoms with Crippen molar-refractivity contribution in [3.8, 4) is 0 Å². The van der Waals surface area contributed by atoms with Gasteiger partial charge in [-0.05, 0) is 79.0 Å². The van der Waals surface area contributed by atoms with Crippen LogP contribution in [0.4, 0.5) is 0 Å². The number of rotatable bonds is 5. The molecule has 0 saturated carbocycles. The van der Waals surface area contributed by atoms with E-state index in [-0.39, 0.29) is 0 Å². The fourth-order valence-electron chi connectivity index (χ4n) is 7.15. The van der Waals surface area contributed by atoms with Gasteiger partial charge < -0.3 is 4.42 Å². The van der Waals surface area contributed by atoms with Crippen molar-refractivity contribution >= 4 is 116 Å². The highest BCUT2D eigenvalue weighted by Gasteiger charge is 2.15. The lowest BCUT2D eigenvalue weighted by molar-refractivity contribution is 0.673. The fourth-order valence-corrected chi connectivity index (χ4v) is 9.20. The van der Waals surface area contributed by atoms with E-state index in [9.17, 15) is 0 Å². The van der Waals surface area contributed by atoms with Crippen molar-refractivity contribution in [2.75, 3.05) is 0 Å². The Morgan fingerprint density at radius 1 is 0.588 bits per heavy atom. The molecule has 3 heterocycles. The maximum atomic E-state index is 6.49. The summed E-state index contributed by atoms with van der Waals surface area (Å²) in [5, 5.41) is 12.5. The van der Waals surface area contributed by atoms with E-state index in [2.05, 4.69) is 165 Å². The molecule has 6 aromatic carbocycles. The number of hydrogen-bond donors (Lipinski definition) is 0. The molecule has 0 aliphatic rings. The summed E-state index contributed by atoms with van der Waals surface area (Å²) in [5.74, 6) is 0. The number of para-hydroxylation sites is 1. The minimum Gasteiger partial charge on any atom is -0.455 e. The Morgan fingerprint density at radius 3 is 1.98 bits per heavy atom. The molecule has 0 fully saturated rings. The third-order valence-corrected chi connectivity index (χ3v) is 11.7. The number of allylic oxidation sites excluding steroid dienone is 3. The lowest BCUT2D eigenvalue weighted by atomic mass is 9.95. The molecule has 0 radical (unpaired) electrons. The average Bonchev–Trinajstić information content (AvgIpc) is 3.85. The number of benzene rings is 5. The Labute approximate surface area is 303 Å². The lowest BCUT2D eigenvalue weighted by Gasteiger charge is -2.09. The molecule has 0 amide bonds. The minimum absolute atomic E-state index is 0.902. The molecule has 3 heteroatoms. The second-order valence-corrected chi connectivity index (χ2v) is 14.7. The Kier molecular flexibility index (Phi) is 7.73. The normalized spacial score (nSPS) is 12.2. The van der Waals surface area contributed by atoms with Gasteiger partial charge in [0.1, 0.15) is 11.2 Å². The molecule has 0 spiro atoms. The molecule has 0 aliphatic heterocycles. The van der Waals surface area contributed by atoms with Gasteiger partial charge in [0.2, 0.25) is 0 Å². The van der Waals surface area contributed by atoms with Crippen LogP contribution in [-0.4, -0.2) is 0 Å². The van der Waals surface area contributed by atoms with Gasteiger partial charge >= 0.3 is 0 Å². The predicted molar refractivity (Wildman–Crippen MR) is 226 cm³/mol. The summed E-state index contributed by atoms with van der Waals surface area (Å²) >= 11 is 3.48. The second kappa shape index (κ2) is 12.7. The van der Waals surface area contributed by atoms with Crippen LogP contribution < -0.4 is 9.75 Å². The number of thiophene rings is 2. The number of hydrogen-bond acceptors (Lipinski definition) is 3. The Balaban J connectivity index is 1.21.